The van der Waals surface area contributed by atoms with Crippen molar-refractivity contribution in [1.82, 2.24) is 4.57 Å². The predicted octanol–water partition coefficient (Wildman–Crippen LogP) is 1.95. The van der Waals surface area contributed by atoms with Gasteiger partial charge in [-0.3, -0.25) is 9.59 Å². The number of hydrogen-bond donors (Lipinski definition) is 0. The molecule has 0 amide bonds. The highest BCUT2D eigenvalue weighted by Gasteiger charge is 2.19. The van der Waals surface area contributed by atoms with Crippen LogP contribution < -0.4 is 14.8 Å². The summed E-state index contributed by atoms with van der Waals surface area (Å²) in [5.41, 5.74) is -0.752. The van der Waals surface area contributed by atoms with Crippen LogP contribution in [0.5, 0.6) is 0 Å². The molecule has 0 unspecified atom stereocenters. The lowest BCUT2D eigenvalue weighted by atomic mass is 9.91. The average molecular weight is 337 g/mol. The van der Waals surface area contributed by atoms with E-state index in [0.29, 0.717) is 4.66 Å². The van der Waals surface area contributed by atoms with Crippen LogP contribution in [0, 0.1) is 17.0 Å². The second-order valence-electron chi connectivity index (χ2n) is 6.24. The van der Waals surface area contributed by atoms with Crippen LogP contribution in [0.3, 0.4) is 0 Å². The van der Waals surface area contributed by atoms with Gasteiger partial charge in [0.25, 0.3) is 5.56 Å². The fourth-order valence-electron chi connectivity index (χ4n) is 1.80. The first-order valence-electron chi connectivity index (χ1n) is 6.98. The number of benzene rings is 1. The number of aromatic nitrogens is 1. The molecule has 0 atom stereocenters. The average Bonchev–Trinajstić information content (AvgIpc) is 2.69. The zero-order valence-electron chi connectivity index (χ0n) is 13.3. The molecular formula is C17H17F2NO2S. The van der Waals surface area contributed by atoms with Crippen molar-refractivity contribution in [2.24, 2.45) is 12.5 Å². The van der Waals surface area contributed by atoms with Gasteiger partial charge in [0, 0.05) is 30.2 Å². The lowest BCUT2D eigenvalue weighted by molar-refractivity contribution is -0.120. The number of nitrogens with zero attached hydrogens (tertiary/aromatic N) is 1. The zero-order chi connectivity index (χ0) is 17.4. The first-order valence-corrected chi connectivity index (χ1v) is 7.80. The van der Waals surface area contributed by atoms with Crippen LogP contribution in [-0.2, 0) is 11.8 Å². The zero-order valence-corrected chi connectivity index (χ0v) is 14.1. The maximum Gasteiger partial charge on any atom is 0.268 e. The SMILES string of the molecule is Cn1c(=O)/c(=C/c2ccc(F)cc2F)s/c1=C/C(=O)C(C)(C)C. The second kappa shape index (κ2) is 6.20. The van der Waals surface area contributed by atoms with Crippen LogP contribution in [-0.4, -0.2) is 10.4 Å². The van der Waals surface area contributed by atoms with Gasteiger partial charge in [-0.05, 0) is 18.2 Å². The van der Waals surface area contributed by atoms with Crippen LogP contribution in [0.15, 0.2) is 23.0 Å². The third-order valence-electron chi connectivity index (χ3n) is 3.30. The monoisotopic (exact) mass is 337 g/mol. The van der Waals surface area contributed by atoms with Crippen LogP contribution in [0.4, 0.5) is 8.78 Å². The van der Waals surface area contributed by atoms with E-state index in [4.69, 9.17) is 0 Å². The molecule has 0 aliphatic heterocycles. The number of carbonyl (C=O) groups is 1. The van der Waals surface area contributed by atoms with E-state index in [1.54, 1.807) is 27.8 Å². The van der Waals surface area contributed by atoms with Gasteiger partial charge in [0.15, 0.2) is 5.78 Å². The maximum absolute atomic E-state index is 13.7. The molecule has 3 nitrogen and oxygen atoms in total. The third-order valence-corrected chi connectivity index (χ3v) is 4.42. The number of rotatable bonds is 2. The van der Waals surface area contributed by atoms with Crippen LogP contribution in [0.2, 0.25) is 0 Å². The topological polar surface area (TPSA) is 39.1 Å². The van der Waals surface area contributed by atoms with Crippen molar-refractivity contribution in [3.63, 3.8) is 0 Å². The van der Waals surface area contributed by atoms with Crippen molar-refractivity contribution in [3.8, 4) is 0 Å². The van der Waals surface area contributed by atoms with Gasteiger partial charge < -0.3 is 4.57 Å². The molecule has 2 aromatic rings. The molecule has 0 saturated carbocycles. The highest BCUT2D eigenvalue weighted by atomic mass is 32.1. The summed E-state index contributed by atoms with van der Waals surface area (Å²) in [6, 6.07) is 3.16. The van der Waals surface area contributed by atoms with Gasteiger partial charge >= 0.3 is 0 Å². The smallest absolute Gasteiger partial charge is 0.268 e. The summed E-state index contributed by atoms with van der Waals surface area (Å²) in [7, 11) is 1.55. The lowest BCUT2D eigenvalue weighted by Crippen LogP contribution is -2.30. The van der Waals surface area contributed by atoms with Crippen molar-refractivity contribution in [1.29, 1.82) is 0 Å². The Labute approximate surface area is 136 Å². The molecule has 0 aliphatic rings. The highest BCUT2D eigenvalue weighted by molar-refractivity contribution is 7.07. The Kier molecular flexibility index (Phi) is 4.66. The normalized spacial score (nSPS) is 13.7. The van der Waals surface area contributed by atoms with E-state index in [-0.39, 0.29) is 21.4 Å². The summed E-state index contributed by atoms with van der Waals surface area (Å²) in [5.74, 6) is -1.52. The molecule has 0 spiro atoms. The van der Waals surface area contributed by atoms with E-state index in [2.05, 4.69) is 0 Å². The highest BCUT2D eigenvalue weighted by Crippen LogP contribution is 2.14. The van der Waals surface area contributed by atoms with Gasteiger partial charge in [-0.15, -0.1) is 11.3 Å². The quantitative estimate of drug-likeness (QED) is 0.840. The van der Waals surface area contributed by atoms with E-state index in [1.807, 2.05) is 0 Å². The minimum Gasteiger partial charge on any atom is -0.302 e. The number of halogens is 2. The number of Topliss-reactive ketones (excluding diaryl/α,β-unsaturated/α-hetero) is 1. The lowest BCUT2D eigenvalue weighted by Gasteiger charge is -2.12. The maximum atomic E-state index is 13.7. The van der Waals surface area contributed by atoms with E-state index < -0.39 is 17.0 Å². The summed E-state index contributed by atoms with van der Waals surface area (Å²) in [5, 5.41) is 0. The van der Waals surface area contributed by atoms with Crippen molar-refractivity contribution < 1.29 is 13.6 Å². The second-order valence-corrected chi connectivity index (χ2v) is 7.30. The number of hydrogen-bond acceptors (Lipinski definition) is 3. The van der Waals surface area contributed by atoms with E-state index in [9.17, 15) is 18.4 Å². The molecule has 0 N–H and O–H groups in total. The van der Waals surface area contributed by atoms with Gasteiger partial charge in [0.2, 0.25) is 0 Å². The predicted molar refractivity (Wildman–Crippen MR) is 87.7 cm³/mol. The van der Waals surface area contributed by atoms with Crippen molar-refractivity contribution in [3.05, 3.63) is 54.9 Å². The van der Waals surface area contributed by atoms with Crippen LogP contribution >= 0.6 is 11.3 Å². The van der Waals surface area contributed by atoms with Gasteiger partial charge in [0.05, 0.1) is 4.53 Å². The number of carbonyl (C=O) groups excluding carboxylic acids is 1. The molecule has 0 aliphatic carbocycles. The van der Waals surface area contributed by atoms with Crippen molar-refractivity contribution >= 4 is 29.3 Å². The molecule has 1 heterocycles. The first kappa shape index (κ1) is 17.3. The molecule has 1 aromatic carbocycles. The van der Waals surface area contributed by atoms with Crippen LogP contribution in [0.25, 0.3) is 12.2 Å². The Bertz CT molecular complexity index is 933. The minimum atomic E-state index is -0.739. The summed E-state index contributed by atoms with van der Waals surface area (Å²) in [6.07, 6.45) is 2.78. The van der Waals surface area contributed by atoms with Gasteiger partial charge in [-0.25, -0.2) is 8.78 Å². The Morgan fingerprint density at radius 1 is 1.26 bits per heavy atom. The Hall–Kier alpha value is -2.08. The van der Waals surface area contributed by atoms with Crippen molar-refractivity contribution in [2.45, 2.75) is 20.8 Å². The summed E-state index contributed by atoms with van der Waals surface area (Å²) in [4.78, 5) is 24.3. The molecule has 23 heavy (non-hydrogen) atoms. The van der Waals surface area contributed by atoms with Gasteiger partial charge in [-0.2, -0.15) is 0 Å². The number of ketones is 1. The molecule has 0 saturated heterocycles. The molecule has 122 valence electrons. The first-order chi connectivity index (χ1) is 10.6. The standard InChI is InChI=1S/C17H17F2NO2S/c1-17(2,3)14(21)9-15-20(4)16(22)13(23-15)7-10-5-6-11(18)8-12(10)19/h5-9H,1-4H3/b13-7-,15-9+. The molecule has 1 aromatic heterocycles. The molecular weight excluding hydrogens is 320 g/mol. The van der Waals surface area contributed by atoms with E-state index in [0.717, 1.165) is 23.5 Å². The Morgan fingerprint density at radius 2 is 1.91 bits per heavy atom. The number of thiazole rings is 1. The fraction of sp³-hybridized carbons (Fsp3) is 0.294. The van der Waals surface area contributed by atoms with Gasteiger partial charge in [0.1, 0.15) is 16.3 Å². The van der Waals surface area contributed by atoms with Crippen molar-refractivity contribution in [2.75, 3.05) is 0 Å². The Morgan fingerprint density at radius 3 is 2.48 bits per heavy atom. The van der Waals surface area contributed by atoms with E-state index in [1.165, 1.54) is 22.8 Å². The molecule has 0 radical (unpaired) electrons. The molecule has 0 fully saturated rings. The van der Waals surface area contributed by atoms with Crippen LogP contribution in [0.1, 0.15) is 26.3 Å². The largest absolute Gasteiger partial charge is 0.302 e. The van der Waals surface area contributed by atoms with E-state index >= 15 is 0 Å². The molecule has 6 heteroatoms. The third kappa shape index (κ3) is 3.82. The Balaban J connectivity index is 2.61. The summed E-state index contributed by atoms with van der Waals surface area (Å²) < 4.78 is 28.8. The molecule has 0 bridgehead atoms. The molecule has 2 rings (SSSR count). The summed E-state index contributed by atoms with van der Waals surface area (Å²) in [6.45, 7) is 5.37. The van der Waals surface area contributed by atoms with Gasteiger partial charge in [-0.1, -0.05) is 20.8 Å². The fourth-order valence-corrected chi connectivity index (χ4v) is 2.82. The summed E-state index contributed by atoms with van der Waals surface area (Å²) >= 11 is 1.10. The minimum absolute atomic E-state index is 0.103.